The number of nitrogens with one attached hydrogen (secondary N) is 2. The first kappa shape index (κ1) is 22.1. The molecule has 0 saturated heterocycles. The van der Waals surface area contributed by atoms with Crippen LogP contribution in [0.3, 0.4) is 0 Å². The van der Waals surface area contributed by atoms with Crippen molar-refractivity contribution in [3.63, 3.8) is 0 Å². The predicted molar refractivity (Wildman–Crippen MR) is 130 cm³/mol. The summed E-state index contributed by atoms with van der Waals surface area (Å²) in [6.45, 7) is 4.18. The van der Waals surface area contributed by atoms with E-state index in [0.29, 0.717) is 35.3 Å². The second-order valence-corrected chi connectivity index (χ2v) is 8.61. The van der Waals surface area contributed by atoms with E-state index >= 15 is 0 Å². The Morgan fingerprint density at radius 3 is 2.56 bits per heavy atom. The van der Waals surface area contributed by atoms with Crippen LogP contribution in [0.2, 0.25) is 0 Å². The van der Waals surface area contributed by atoms with E-state index in [1.807, 2.05) is 49.3 Å². The molecule has 1 atom stereocenters. The largest absolute Gasteiger partial charge is 0.454 e. The fourth-order valence-electron chi connectivity index (χ4n) is 3.64. The van der Waals surface area contributed by atoms with Crippen molar-refractivity contribution in [3.8, 4) is 11.5 Å². The highest BCUT2D eigenvalue weighted by atomic mass is 32.1. The molecular weight excluding hydrogens is 424 g/mol. The van der Waals surface area contributed by atoms with Crippen molar-refractivity contribution in [2.45, 2.75) is 19.5 Å². The summed E-state index contributed by atoms with van der Waals surface area (Å²) in [7, 11) is 4.04. The van der Waals surface area contributed by atoms with Crippen molar-refractivity contribution < 1.29 is 9.47 Å². The zero-order valence-electron chi connectivity index (χ0n) is 18.6. The number of benzene rings is 2. The van der Waals surface area contributed by atoms with Crippen molar-refractivity contribution in [1.82, 2.24) is 20.1 Å². The normalized spacial score (nSPS) is 13.4. The van der Waals surface area contributed by atoms with E-state index in [1.165, 1.54) is 0 Å². The van der Waals surface area contributed by atoms with Crippen LogP contribution in [0.1, 0.15) is 24.1 Å². The molecule has 2 heterocycles. The van der Waals surface area contributed by atoms with Gasteiger partial charge in [0.1, 0.15) is 0 Å². The van der Waals surface area contributed by atoms with Crippen LogP contribution in [0, 0.1) is 0 Å². The quantitative estimate of drug-likeness (QED) is 0.533. The second-order valence-electron chi connectivity index (χ2n) is 8.22. The number of H-pyrrole nitrogens is 1. The van der Waals surface area contributed by atoms with Gasteiger partial charge < -0.3 is 29.6 Å². The standard InChI is InChI=1S/C24H28N4O3S/c1-16(17-7-5-4-6-8-17)25-24(32)28(10-9-27(2)3)14-19-11-18-12-21-22(31-15-30-21)13-20(18)26-23(19)29/h4-8,11-13,16H,9-10,14-15H2,1-3H3,(H,25,32)(H,26,29). The van der Waals surface area contributed by atoms with Crippen molar-refractivity contribution in [3.05, 3.63) is 70.0 Å². The summed E-state index contributed by atoms with van der Waals surface area (Å²) in [4.78, 5) is 20.0. The Kier molecular flexibility index (Phi) is 6.62. The summed E-state index contributed by atoms with van der Waals surface area (Å²) in [6.07, 6.45) is 0. The van der Waals surface area contributed by atoms with E-state index in [4.69, 9.17) is 21.7 Å². The van der Waals surface area contributed by atoms with Crippen molar-refractivity contribution in [2.24, 2.45) is 0 Å². The van der Waals surface area contributed by atoms with Gasteiger partial charge in [-0.1, -0.05) is 30.3 Å². The van der Waals surface area contributed by atoms with Crippen LogP contribution in [0.25, 0.3) is 10.9 Å². The maximum Gasteiger partial charge on any atom is 0.253 e. The molecule has 168 valence electrons. The van der Waals surface area contributed by atoms with E-state index in [1.54, 1.807) is 6.07 Å². The highest BCUT2D eigenvalue weighted by Crippen LogP contribution is 2.35. The lowest BCUT2D eigenvalue weighted by Gasteiger charge is -2.29. The van der Waals surface area contributed by atoms with Gasteiger partial charge in [0.25, 0.3) is 5.56 Å². The van der Waals surface area contributed by atoms with Gasteiger partial charge in [0.05, 0.1) is 18.1 Å². The molecule has 2 aromatic carbocycles. The molecule has 1 aliphatic heterocycles. The molecule has 1 unspecified atom stereocenters. The van der Waals surface area contributed by atoms with Gasteiger partial charge in [0, 0.05) is 30.1 Å². The Balaban J connectivity index is 1.57. The lowest BCUT2D eigenvalue weighted by Crippen LogP contribution is -2.44. The number of aromatic amines is 1. The number of aromatic nitrogens is 1. The SMILES string of the molecule is CC(NC(=S)N(CCN(C)C)Cc1cc2cc3c(cc2[nH]c1=O)OCO3)c1ccccc1. The average molecular weight is 453 g/mol. The zero-order valence-corrected chi connectivity index (χ0v) is 19.4. The molecule has 8 heteroatoms. The Morgan fingerprint density at radius 2 is 1.84 bits per heavy atom. The number of hydrogen-bond acceptors (Lipinski definition) is 5. The van der Waals surface area contributed by atoms with Crippen molar-refractivity contribution in [1.29, 1.82) is 0 Å². The van der Waals surface area contributed by atoms with Gasteiger partial charge >= 0.3 is 0 Å². The van der Waals surface area contributed by atoms with E-state index in [9.17, 15) is 4.79 Å². The van der Waals surface area contributed by atoms with Gasteiger partial charge in [-0.2, -0.15) is 0 Å². The Bertz CT molecular complexity index is 1160. The number of pyridine rings is 1. The topological polar surface area (TPSA) is 69.8 Å². The summed E-state index contributed by atoms with van der Waals surface area (Å²) in [5.74, 6) is 1.34. The van der Waals surface area contributed by atoms with E-state index in [-0.39, 0.29) is 18.4 Å². The van der Waals surface area contributed by atoms with Crippen LogP contribution in [-0.2, 0) is 6.54 Å². The van der Waals surface area contributed by atoms with Crippen LogP contribution in [0.5, 0.6) is 11.5 Å². The monoisotopic (exact) mass is 452 g/mol. The third-order valence-electron chi connectivity index (χ3n) is 5.52. The maximum atomic E-state index is 12.8. The molecule has 32 heavy (non-hydrogen) atoms. The summed E-state index contributed by atoms with van der Waals surface area (Å²) in [5.41, 5.74) is 2.39. The van der Waals surface area contributed by atoms with Gasteiger partial charge in [0.15, 0.2) is 16.6 Å². The smallest absolute Gasteiger partial charge is 0.253 e. The molecule has 1 aromatic heterocycles. The summed E-state index contributed by atoms with van der Waals surface area (Å²) in [6, 6.07) is 15.8. The average Bonchev–Trinajstić information content (AvgIpc) is 3.23. The fraction of sp³-hybridized carbons (Fsp3) is 0.333. The van der Waals surface area contributed by atoms with Crippen molar-refractivity contribution >= 4 is 28.2 Å². The van der Waals surface area contributed by atoms with Crippen LogP contribution in [-0.4, -0.2) is 53.9 Å². The molecule has 0 bridgehead atoms. The molecule has 0 aliphatic carbocycles. The van der Waals surface area contributed by atoms with E-state index in [2.05, 4.69) is 34.3 Å². The van der Waals surface area contributed by atoms with Gasteiger partial charge in [-0.15, -0.1) is 0 Å². The van der Waals surface area contributed by atoms with Crippen LogP contribution in [0.4, 0.5) is 0 Å². The first-order valence-electron chi connectivity index (χ1n) is 10.6. The fourth-order valence-corrected chi connectivity index (χ4v) is 3.97. The third kappa shape index (κ3) is 5.03. The second kappa shape index (κ2) is 9.58. The summed E-state index contributed by atoms with van der Waals surface area (Å²) < 4.78 is 10.9. The van der Waals surface area contributed by atoms with Crippen molar-refractivity contribution in [2.75, 3.05) is 34.0 Å². The lowest BCUT2D eigenvalue weighted by atomic mass is 10.1. The molecule has 0 saturated carbocycles. The van der Waals surface area contributed by atoms with Crippen LogP contribution in [0.15, 0.2) is 53.3 Å². The van der Waals surface area contributed by atoms with Gasteiger partial charge in [0.2, 0.25) is 6.79 Å². The van der Waals surface area contributed by atoms with Crippen LogP contribution < -0.4 is 20.3 Å². The molecule has 0 fully saturated rings. The number of fused-ring (bicyclic) bond motifs is 2. The number of ether oxygens (including phenoxy) is 2. The predicted octanol–water partition coefficient (Wildman–Crippen LogP) is 3.26. The minimum atomic E-state index is -0.134. The Morgan fingerprint density at radius 1 is 1.12 bits per heavy atom. The molecule has 1 aliphatic rings. The minimum absolute atomic E-state index is 0.0557. The molecule has 0 radical (unpaired) electrons. The van der Waals surface area contributed by atoms with E-state index < -0.39 is 0 Å². The molecule has 7 nitrogen and oxygen atoms in total. The van der Waals surface area contributed by atoms with E-state index in [0.717, 1.165) is 23.0 Å². The molecule has 2 N–H and O–H groups in total. The number of nitrogens with zero attached hydrogens (tertiary/aromatic N) is 2. The number of thiocarbonyl (C=S) groups is 1. The van der Waals surface area contributed by atoms with Gasteiger partial charge in [-0.3, -0.25) is 4.79 Å². The lowest BCUT2D eigenvalue weighted by molar-refractivity contribution is 0.174. The van der Waals surface area contributed by atoms with Gasteiger partial charge in [-0.25, -0.2) is 0 Å². The highest BCUT2D eigenvalue weighted by molar-refractivity contribution is 7.80. The molecule has 0 spiro atoms. The Labute approximate surface area is 192 Å². The molecule has 4 rings (SSSR count). The summed E-state index contributed by atoms with van der Waals surface area (Å²) >= 11 is 5.75. The molecule has 0 amide bonds. The first-order chi connectivity index (χ1) is 15.4. The molecule has 3 aromatic rings. The third-order valence-corrected chi connectivity index (χ3v) is 5.90. The Hall–Kier alpha value is -3.10. The minimum Gasteiger partial charge on any atom is -0.454 e. The summed E-state index contributed by atoms with van der Waals surface area (Å²) in [5, 5.41) is 4.94. The number of likely N-dealkylation sites (N-methyl/N-ethyl adjacent to an activating group) is 1. The zero-order chi connectivity index (χ0) is 22.7. The number of rotatable bonds is 7. The maximum absolute atomic E-state index is 12.8. The molecular formula is C24H28N4O3S. The highest BCUT2D eigenvalue weighted by Gasteiger charge is 2.18. The van der Waals surface area contributed by atoms with Crippen LogP contribution >= 0.6 is 12.2 Å². The first-order valence-corrected chi connectivity index (χ1v) is 11.0. The number of hydrogen-bond donors (Lipinski definition) is 2. The van der Waals surface area contributed by atoms with Gasteiger partial charge in [-0.05, 0) is 50.9 Å².